The lowest BCUT2D eigenvalue weighted by molar-refractivity contribution is 0.601. The predicted molar refractivity (Wildman–Crippen MR) is 97.3 cm³/mol. The zero-order valence-electron chi connectivity index (χ0n) is 14.1. The molecule has 6 nitrogen and oxygen atoms in total. The highest BCUT2D eigenvalue weighted by atomic mass is 32.2. The summed E-state index contributed by atoms with van der Waals surface area (Å²) < 4.78 is 26.0. The van der Waals surface area contributed by atoms with Crippen molar-refractivity contribution < 1.29 is 8.42 Å². The van der Waals surface area contributed by atoms with E-state index < -0.39 is 9.84 Å². The lowest BCUT2D eigenvalue weighted by Gasteiger charge is -2.17. The van der Waals surface area contributed by atoms with E-state index in [-0.39, 0.29) is 6.04 Å². The summed E-state index contributed by atoms with van der Waals surface area (Å²) in [6.45, 7) is 4.06. The molecule has 2 heterocycles. The number of thiazole rings is 1. The molecule has 1 N–H and O–H groups in total. The van der Waals surface area contributed by atoms with Crippen LogP contribution >= 0.6 is 11.3 Å². The van der Waals surface area contributed by atoms with Crippen LogP contribution in [0.3, 0.4) is 0 Å². The molecule has 0 radical (unpaired) electrons. The van der Waals surface area contributed by atoms with Gasteiger partial charge in [-0.15, -0.1) is 0 Å². The Morgan fingerprint density at radius 2 is 1.96 bits per heavy atom. The van der Waals surface area contributed by atoms with Gasteiger partial charge in [0.2, 0.25) is 0 Å². The minimum absolute atomic E-state index is 0.0763. The van der Waals surface area contributed by atoms with Gasteiger partial charge in [-0.3, -0.25) is 0 Å². The molecule has 24 heavy (non-hydrogen) atoms. The summed E-state index contributed by atoms with van der Waals surface area (Å²) in [5, 5.41) is 8.66. The first-order valence-electron chi connectivity index (χ1n) is 7.66. The Bertz CT molecular complexity index is 937. The highest BCUT2D eigenvalue weighted by molar-refractivity contribution is 7.90. The summed E-state index contributed by atoms with van der Waals surface area (Å²) in [6, 6.07) is 7.10. The molecular formula is C16H20N4O2S2. The molecule has 0 unspecified atom stereocenters. The second-order valence-corrected chi connectivity index (χ2v) is 8.84. The maximum atomic E-state index is 11.6. The van der Waals surface area contributed by atoms with E-state index in [1.807, 2.05) is 26.1 Å². The van der Waals surface area contributed by atoms with Gasteiger partial charge in [0.1, 0.15) is 0 Å². The summed E-state index contributed by atoms with van der Waals surface area (Å²) in [7, 11) is -1.28. The van der Waals surface area contributed by atoms with Gasteiger partial charge < -0.3 is 5.32 Å². The highest BCUT2D eigenvalue weighted by Gasteiger charge is 2.16. The fourth-order valence-electron chi connectivity index (χ4n) is 2.66. The first kappa shape index (κ1) is 16.9. The van der Waals surface area contributed by atoms with E-state index in [4.69, 9.17) is 0 Å². The average molecular weight is 364 g/mol. The van der Waals surface area contributed by atoms with Crippen molar-refractivity contribution in [2.45, 2.75) is 31.2 Å². The van der Waals surface area contributed by atoms with E-state index in [1.165, 1.54) is 6.26 Å². The number of aryl methyl sites for hydroxylation is 2. The molecular weight excluding hydrogens is 344 g/mol. The van der Waals surface area contributed by atoms with Crippen molar-refractivity contribution in [3.05, 3.63) is 35.5 Å². The first-order chi connectivity index (χ1) is 11.3. The number of hydrogen-bond acceptors (Lipinski definition) is 6. The zero-order valence-corrected chi connectivity index (χ0v) is 15.7. The van der Waals surface area contributed by atoms with Crippen molar-refractivity contribution in [3.8, 4) is 0 Å². The van der Waals surface area contributed by atoms with E-state index in [0.717, 1.165) is 33.2 Å². The second kappa shape index (κ2) is 6.18. The molecule has 3 rings (SSSR count). The van der Waals surface area contributed by atoms with Gasteiger partial charge in [-0.05, 0) is 31.0 Å². The molecule has 2 aromatic heterocycles. The summed E-state index contributed by atoms with van der Waals surface area (Å²) in [6.07, 6.45) is 2.08. The molecule has 128 valence electrons. The Labute approximate surface area is 145 Å². The van der Waals surface area contributed by atoms with Gasteiger partial charge in [0, 0.05) is 13.3 Å². The standard InChI is InChI=1S/C16H20N4O2S2/c1-5-13(11-6-8-12(9-7-11)24(4,21)22)17-16-18-15-14(23-16)10(2)19-20(15)3/h6-9,13H,5H2,1-4H3,(H,17,18)/t13-/m1/s1. The number of anilines is 1. The maximum Gasteiger partial charge on any atom is 0.185 e. The van der Waals surface area contributed by atoms with E-state index in [9.17, 15) is 8.42 Å². The van der Waals surface area contributed by atoms with Gasteiger partial charge in [-0.1, -0.05) is 30.4 Å². The molecule has 3 aromatic rings. The fraction of sp³-hybridized carbons (Fsp3) is 0.375. The summed E-state index contributed by atoms with van der Waals surface area (Å²) in [4.78, 5) is 4.95. The lowest BCUT2D eigenvalue weighted by Crippen LogP contribution is -2.10. The third-order valence-corrected chi connectivity index (χ3v) is 6.17. The molecule has 0 aliphatic heterocycles. The third kappa shape index (κ3) is 3.16. The molecule has 0 amide bonds. The van der Waals surface area contributed by atoms with Crippen LogP contribution in [0.2, 0.25) is 0 Å². The van der Waals surface area contributed by atoms with Crippen molar-refractivity contribution in [3.63, 3.8) is 0 Å². The number of fused-ring (bicyclic) bond motifs is 1. The minimum atomic E-state index is -3.17. The Morgan fingerprint density at radius 3 is 2.50 bits per heavy atom. The number of sulfone groups is 1. The number of rotatable bonds is 5. The SMILES string of the molecule is CC[C@@H](Nc1nc2c(s1)c(C)nn2C)c1ccc(S(C)(=O)=O)cc1. The van der Waals surface area contributed by atoms with Crippen LogP contribution in [0.4, 0.5) is 5.13 Å². The number of nitrogens with zero attached hydrogens (tertiary/aromatic N) is 3. The van der Waals surface area contributed by atoms with E-state index in [1.54, 1.807) is 28.2 Å². The Balaban J connectivity index is 1.86. The third-order valence-electron chi connectivity index (χ3n) is 3.96. The van der Waals surface area contributed by atoms with Crippen LogP contribution in [0.5, 0.6) is 0 Å². The van der Waals surface area contributed by atoms with Crippen molar-refractivity contribution >= 4 is 36.7 Å². The minimum Gasteiger partial charge on any atom is -0.355 e. The molecule has 1 aromatic carbocycles. The number of hydrogen-bond donors (Lipinski definition) is 1. The first-order valence-corrected chi connectivity index (χ1v) is 10.4. The molecule has 0 bridgehead atoms. The van der Waals surface area contributed by atoms with Crippen LogP contribution in [-0.2, 0) is 16.9 Å². The number of aromatic nitrogens is 3. The van der Waals surface area contributed by atoms with Gasteiger partial charge >= 0.3 is 0 Å². The van der Waals surface area contributed by atoms with Crippen LogP contribution in [0, 0.1) is 6.92 Å². The molecule has 0 saturated carbocycles. The van der Waals surface area contributed by atoms with Gasteiger partial charge in [0.25, 0.3) is 0 Å². The summed E-state index contributed by atoms with van der Waals surface area (Å²) in [5.74, 6) is 0. The van der Waals surface area contributed by atoms with Crippen LogP contribution in [-0.4, -0.2) is 29.4 Å². The monoisotopic (exact) mass is 364 g/mol. The van der Waals surface area contributed by atoms with Gasteiger partial charge in [0.15, 0.2) is 20.6 Å². The van der Waals surface area contributed by atoms with Gasteiger partial charge in [-0.25, -0.2) is 18.1 Å². The molecule has 0 aliphatic carbocycles. The summed E-state index contributed by atoms with van der Waals surface area (Å²) >= 11 is 1.59. The van der Waals surface area contributed by atoms with Gasteiger partial charge in [-0.2, -0.15) is 5.10 Å². The maximum absolute atomic E-state index is 11.6. The number of benzene rings is 1. The van der Waals surface area contributed by atoms with Crippen molar-refractivity contribution in [1.82, 2.24) is 14.8 Å². The topological polar surface area (TPSA) is 76.9 Å². The van der Waals surface area contributed by atoms with E-state index in [0.29, 0.717) is 4.90 Å². The average Bonchev–Trinajstić information content (AvgIpc) is 3.06. The van der Waals surface area contributed by atoms with Crippen LogP contribution in [0.1, 0.15) is 30.6 Å². The van der Waals surface area contributed by atoms with Crippen molar-refractivity contribution in [2.75, 3.05) is 11.6 Å². The molecule has 0 saturated heterocycles. The molecule has 0 aliphatic rings. The van der Waals surface area contributed by atoms with Crippen LogP contribution < -0.4 is 5.32 Å². The smallest absolute Gasteiger partial charge is 0.185 e. The molecule has 8 heteroatoms. The Kier molecular flexibility index (Phi) is 4.35. The molecule has 0 spiro atoms. The quantitative estimate of drug-likeness (QED) is 0.751. The predicted octanol–water partition coefficient (Wildman–Crippen LogP) is 3.30. The second-order valence-electron chi connectivity index (χ2n) is 5.83. The molecule has 0 fully saturated rings. The lowest BCUT2D eigenvalue weighted by atomic mass is 10.1. The largest absolute Gasteiger partial charge is 0.355 e. The van der Waals surface area contributed by atoms with Crippen molar-refractivity contribution in [2.24, 2.45) is 7.05 Å². The number of nitrogens with one attached hydrogen (secondary N) is 1. The van der Waals surface area contributed by atoms with Crippen molar-refractivity contribution in [1.29, 1.82) is 0 Å². The van der Waals surface area contributed by atoms with Crippen LogP contribution in [0.25, 0.3) is 10.3 Å². The van der Waals surface area contributed by atoms with Gasteiger partial charge in [0.05, 0.1) is 21.3 Å². The zero-order chi connectivity index (χ0) is 17.5. The van der Waals surface area contributed by atoms with Crippen LogP contribution in [0.15, 0.2) is 29.2 Å². The fourth-order valence-corrected chi connectivity index (χ4v) is 4.28. The highest BCUT2D eigenvalue weighted by Crippen LogP contribution is 2.31. The Hall–Kier alpha value is -1.93. The normalized spacial score (nSPS) is 13.3. The van der Waals surface area contributed by atoms with E-state index >= 15 is 0 Å². The summed E-state index contributed by atoms with van der Waals surface area (Å²) in [5.41, 5.74) is 2.89. The molecule has 1 atom stereocenters. The Morgan fingerprint density at radius 1 is 1.29 bits per heavy atom. The van der Waals surface area contributed by atoms with E-state index in [2.05, 4.69) is 22.3 Å².